The van der Waals surface area contributed by atoms with Gasteiger partial charge in [0.05, 0.1) is 10.9 Å². The van der Waals surface area contributed by atoms with E-state index in [0.29, 0.717) is 29.7 Å². The van der Waals surface area contributed by atoms with Crippen LogP contribution in [0.3, 0.4) is 0 Å². The number of halogens is 1. The van der Waals surface area contributed by atoms with E-state index in [2.05, 4.69) is 38.6 Å². The number of ether oxygens (including phenoxy) is 3. The number of allylic oxidation sites excluding steroid dienone is 1. The van der Waals surface area contributed by atoms with Gasteiger partial charge < -0.3 is 24.0 Å². The number of anilines is 1. The van der Waals surface area contributed by atoms with Crippen LogP contribution in [0.5, 0.6) is 5.75 Å². The first-order chi connectivity index (χ1) is 25.0. The van der Waals surface area contributed by atoms with E-state index in [9.17, 15) is 13.2 Å². The zero-order chi connectivity index (χ0) is 36.9. The topological polar surface area (TPSA) is 101 Å². The van der Waals surface area contributed by atoms with Gasteiger partial charge in [0.15, 0.2) is 0 Å². The Morgan fingerprint density at radius 1 is 1.02 bits per heavy atom. The summed E-state index contributed by atoms with van der Waals surface area (Å²) in [6.07, 6.45) is 10.1. The Labute approximate surface area is 315 Å². The van der Waals surface area contributed by atoms with Crippen molar-refractivity contribution in [1.82, 2.24) is 14.5 Å². The van der Waals surface area contributed by atoms with Gasteiger partial charge in [-0.2, -0.15) is 0 Å². The molecule has 1 saturated carbocycles. The van der Waals surface area contributed by atoms with E-state index in [1.165, 1.54) is 5.56 Å². The number of carbonyl (C=O) groups excluding carboxylic acids is 1. The number of fused-ring (bicyclic) bond motifs is 3. The zero-order valence-corrected chi connectivity index (χ0v) is 32.9. The quantitative estimate of drug-likeness (QED) is 0.368. The van der Waals surface area contributed by atoms with Crippen LogP contribution < -0.4 is 14.4 Å². The van der Waals surface area contributed by atoms with Crippen molar-refractivity contribution in [2.45, 2.75) is 69.3 Å². The summed E-state index contributed by atoms with van der Waals surface area (Å²) >= 11 is 6.41. The van der Waals surface area contributed by atoms with E-state index >= 15 is 0 Å². The van der Waals surface area contributed by atoms with Gasteiger partial charge in [-0.25, -0.2) is 13.1 Å². The molecule has 1 saturated heterocycles. The van der Waals surface area contributed by atoms with Crippen LogP contribution in [0.4, 0.5) is 5.69 Å². The number of benzene rings is 2. The lowest BCUT2D eigenvalue weighted by atomic mass is 9.63. The maximum Gasteiger partial charge on any atom is 0.264 e. The average molecular weight is 757 g/mol. The summed E-state index contributed by atoms with van der Waals surface area (Å²) in [7, 11) is 1.52. The molecule has 1 N–H and O–H groups in total. The van der Waals surface area contributed by atoms with Crippen molar-refractivity contribution in [2.75, 3.05) is 78.6 Å². The molecule has 10 nitrogen and oxygen atoms in total. The molecule has 0 radical (unpaired) electrons. The molecule has 2 fully saturated rings. The summed E-state index contributed by atoms with van der Waals surface area (Å²) in [6, 6.07) is 11.3. The fourth-order valence-corrected chi connectivity index (χ4v) is 10.5. The molecule has 1 amide bonds. The van der Waals surface area contributed by atoms with E-state index in [-0.39, 0.29) is 30.4 Å². The van der Waals surface area contributed by atoms with E-state index in [1.54, 1.807) is 13.2 Å². The number of rotatable bonds is 6. The number of methoxy groups -OCH3 is 2. The van der Waals surface area contributed by atoms with Crippen LogP contribution in [0.25, 0.3) is 0 Å². The lowest BCUT2D eigenvalue weighted by Crippen LogP contribution is -2.58. The number of likely N-dealkylation sites (N-methyl/N-ethyl adjacent to an activating group) is 1. The van der Waals surface area contributed by atoms with E-state index in [4.69, 9.17) is 25.8 Å². The second kappa shape index (κ2) is 17.2. The molecule has 0 aromatic heterocycles. The normalized spacial score (nSPS) is 29.7. The number of carbonyl (C=O) groups is 1. The SMILES string of the molecule is COCC[C@@H]1[C@@H](C)C/C=C/[C@](CN2CCN(C)CC2)(OC)[C@@H]2CC[C@H]2CN2CCCCc3cc(Cl)ccc3COc3ccc(cc32)C(=O)NS1(=O)=O. The van der Waals surface area contributed by atoms with E-state index in [1.807, 2.05) is 44.4 Å². The van der Waals surface area contributed by atoms with Crippen molar-refractivity contribution in [3.63, 3.8) is 0 Å². The van der Waals surface area contributed by atoms with Gasteiger partial charge in [-0.1, -0.05) is 36.7 Å². The molecule has 5 atom stereocenters. The Morgan fingerprint density at radius 3 is 2.56 bits per heavy atom. The average Bonchev–Trinajstić information content (AvgIpc) is 3.13. The molecule has 2 aromatic rings. The summed E-state index contributed by atoms with van der Waals surface area (Å²) in [6.45, 7) is 8.90. The molecule has 2 aromatic carbocycles. The van der Waals surface area contributed by atoms with Gasteiger partial charge in [-0.05, 0) is 111 Å². The molecular formula is C40H57ClN4O6S. The molecule has 0 spiro atoms. The lowest BCUT2D eigenvalue weighted by Gasteiger charge is -2.51. The van der Waals surface area contributed by atoms with Crippen molar-refractivity contribution in [3.8, 4) is 5.75 Å². The number of aryl methyl sites for hydroxylation is 1. The van der Waals surface area contributed by atoms with Crippen LogP contribution in [-0.2, 0) is 32.5 Å². The number of nitrogens with one attached hydrogen (secondary N) is 1. The van der Waals surface area contributed by atoms with E-state index < -0.39 is 26.8 Å². The lowest BCUT2D eigenvalue weighted by molar-refractivity contribution is -0.0948. The largest absolute Gasteiger partial charge is 0.487 e. The summed E-state index contributed by atoms with van der Waals surface area (Å²) in [5, 5.41) is -0.110. The molecule has 0 unspecified atom stereocenters. The highest BCUT2D eigenvalue weighted by Gasteiger charge is 2.48. The Bertz CT molecular complexity index is 1680. The summed E-state index contributed by atoms with van der Waals surface area (Å²) in [4.78, 5) is 21.1. The number of hydrogen-bond acceptors (Lipinski definition) is 9. The number of piperazine rings is 1. The van der Waals surface area contributed by atoms with Crippen LogP contribution in [-0.4, -0.2) is 109 Å². The van der Waals surface area contributed by atoms with Crippen LogP contribution in [0.1, 0.15) is 66.9 Å². The number of amides is 1. The zero-order valence-electron chi connectivity index (χ0n) is 31.3. The first-order valence-electron chi connectivity index (χ1n) is 19.0. The highest BCUT2D eigenvalue weighted by Crippen LogP contribution is 2.47. The highest BCUT2D eigenvalue weighted by molar-refractivity contribution is 7.90. The highest BCUT2D eigenvalue weighted by atomic mass is 35.5. The van der Waals surface area contributed by atoms with Gasteiger partial charge in [0.1, 0.15) is 18.0 Å². The Morgan fingerprint density at radius 2 is 1.83 bits per heavy atom. The summed E-state index contributed by atoms with van der Waals surface area (Å²) in [5.74, 6) is 0.380. The third kappa shape index (κ3) is 8.99. The van der Waals surface area contributed by atoms with Gasteiger partial charge in [0.25, 0.3) is 5.91 Å². The molecule has 286 valence electrons. The molecule has 6 rings (SSSR count). The summed E-state index contributed by atoms with van der Waals surface area (Å²) in [5.41, 5.74) is 2.84. The Hall–Kier alpha value is -2.67. The van der Waals surface area contributed by atoms with Gasteiger partial charge >= 0.3 is 0 Å². The van der Waals surface area contributed by atoms with Gasteiger partial charge in [0.2, 0.25) is 10.0 Å². The fourth-order valence-electron chi connectivity index (χ4n) is 8.60. The number of nitrogens with zero attached hydrogens (tertiary/aromatic N) is 3. The predicted molar refractivity (Wildman–Crippen MR) is 207 cm³/mol. The number of hydrogen-bond donors (Lipinski definition) is 1. The Balaban J connectivity index is 1.41. The molecule has 4 aliphatic rings. The second-order valence-electron chi connectivity index (χ2n) is 15.4. The molecule has 52 heavy (non-hydrogen) atoms. The monoisotopic (exact) mass is 756 g/mol. The smallest absolute Gasteiger partial charge is 0.264 e. The van der Waals surface area contributed by atoms with Crippen molar-refractivity contribution < 1.29 is 27.4 Å². The molecular weight excluding hydrogens is 700 g/mol. The first kappa shape index (κ1) is 39.0. The predicted octanol–water partition coefficient (Wildman–Crippen LogP) is 5.78. The molecule has 1 aliphatic carbocycles. The maximum atomic E-state index is 14.0. The van der Waals surface area contributed by atoms with Gasteiger partial charge in [-0.3, -0.25) is 9.69 Å². The molecule has 3 heterocycles. The third-order valence-corrected chi connectivity index (χ3v) is 14.2. The Kier molecular flexibility index (Phi) is 12.9. The van der Waals surface area contributed by atoms with Crippen LogP contribution in [0, 0.1) is 17.8 Å². The van der Waals surface area contributed by atoms with Crippen molar-refractivity contribution in [2.24, 2.45) is 17.8 Å². The molecule has 3 aliphatic heterocycles. The third-order valence-electron chi connectivity index (χ3n) is 12.0. The molecule has 12 heteroatoms. The maximum absolute atomic E-state index is 14.0. The van der Waals surface area contributed by atoms with Crippen LogP contribution in [0.15, 0.2) is 48.6 Å². The van der Waals surface area contributed by atoms with Crippen molar-refractivity contribution >= 4 is 33.2 Å². The standard InChI is InChI=1S/C40H57ClN4O6S/c1-29-8-7-17-40(50-4,28-44-21-19-43(2)20-22-44)35-14-11-32(35)26-45-18-6-5-9-30-24-34(41)13-10-33(30)27-51-37-15-12-31(25-36(37)45)39(46)42-52(47,48)38(29)16-23-49-3/h7,10,12-13,15,17,24-25,29,32,35,38H,5-6,8-9,11,14,16,18-23,26-28H2,1-4H3,(H,42,46)/b17-7+/t29-,32-,35+,38+,40+/m0/s1. The first-order valence-corrected chi connectivity index (χ1v) is 20.9. The van der Waals surface area contributed by atoms with Crippen LogP contribution >= 0.6 is 11.6 Å². The van der Waals surface area contributed by atoms with Crippen molar-refractivity contribution in [1.29, 1.82) is 0 Å². The van der Waals surface area contributed by atoms with E-state index in [0.717, 1.165) is 89.2 Å². The van der Waals surface area contributed by atoms with Crippen molar-refractivity contribution in [3.05, 3.63) is 70.3 Å². The minimum absolute atomic E-state index is 0.267. The minimum atomic E-state index is -4.05. The second-order valence-corrected chi connectivity index (χ2v) is 17.7. The minimum Gasteiger partial charge on any atom is -0.487 e. The van der Waals surface area contributed by atoms with Crippen LogP contribution in [0.2, 0.25) is 5.02 Å². The van der Waals surface area contributed by atoms with Gasteiger partial charge in [0, 0.05) is 77.2 Å². The molecule has 2 bridgehead atoms. The van der Waals surface area contributed by atoms with Gasteiger partial charge in [-0.15, -0.1) is 0 Å². The fraction of sp³-hybridized carbons (Fsp3) is 0.625. The number of sulfonamides is 1. The summed E-state index contributed by atoms with van der Waals surface area (Å²) < 4.78 is 48.9.